The van der Waals surface area contributed by atoms with Gasteiger partial charge in [-0.3, -0.25) is 9.89 Å². The van der Waals surface area contributed by atoms with Crippen LogP contribution >= 0.6 is 24.0 Å². The van der Waals surface area contributed by atoms with E-state index in [9.17, 15) is 5.11 Å². The quantitative estimate of drug-likeness (QED) is 0.184. The zero-order chi connectivity index (χ0) is 21.0. The van der Waals surface area contributed by atoms with Crippen molar-refractivity contribution in [1.82, 2.24) is 15.5 Å². The van der Waals surface area contributed by atoms with Gasteiger partial charge in [0, 0.05) is 32.7 Å². The van der Waals surface area contributed by atoms with E-state index in [2.05, 4.69) is 26.4 Å². The van der Waals surface area contributed by atoms with E-state index in [0.717, 1.165) is 51.6 Å². The first-order valence-corrected chi connectivity index (χ1v) is 10.2. The molecule has 0 saturated carbocycles. The monoisotopic (exact) mass is 530 g/mol. The van der Waals surface area contributed by atoms with Crippen LogP contribution in [0.25, 0.3) is 0 Å². The van der Waals surface area contributed by atoms with Crippen LogP contribution in [0.3, 0.4) is 0 Å². The Morgan fingerprint density at radius 3 is 2.63 bits per heavy atom. The van der Waals surface area contributed by atoms with Crippen LogP contribution in [0.15, 0.2) is 29.3 Å². The molecule has 1 aliphatic rings. The SMILES string of the molecule is C#CCOc1ccc(CCNC(=NCC(C)(O)CN2CCOCC2)NCC)cc1.I. The maximum absolute atomic E-state index is 10.7. The molecule has 1 unspecified atom stereocenters. The molecule has 1 heterocycles. The maximum Gasteiger partial charge on any atom is 0.191 e. The lowest BCUT2D eigenvalue weighted by Crippen LogP contribution is -2.48. The molecular formula is C22H35IN4O3. The van der Waals surface area contributed by atoms with Crippen LogP contribution in [0.4, 0.5) is 0 Å². The topological polar surface area (TPSA) is 78.3 Å². The summed E-state index contributed by atoms with van der Waals surface area (Å²) in [6.07, 6.45) is 6.05. The summed E-state index contributed by atoms with van der Waals surface area (Å²) in [6.45, 7) is 9.71. The highest BCUT2D eigenvalue weighted by atomic mass is 127. The minimum absolute atomic E-state index is 0. The van der Waals surface area contributed by atoms with Crippen LogP contribution in [0, 0.1) is 12.3 Å². The zero-order valence-corrected chi connectivity index (χ0v) is 20.4. The van der Waals surface area contributed by atoms with Gasteiger partial charge in [-0.1, -0.05) is 18.1 Å². The fourth-order valence-electron chi connectivity index (χ4n) is 3.08. The van der Waals surface area contributed by atoms with Gasteiger partial charge in [-0.15, -0.1) is 30.4 Å². The van der Waals surface area contributed by atoms with Crippen molar-refractivity contribution in [2.75, 3.05) is 59.1 Å². The zero-order valence-electron chi connectivity index (χ0n) is 18.0. The number of halogens is 1. The van der Waals surface area contributed by atoms with E-state index in [1.54, 1.807) is 0 Å². The van der Waals surface area contributed by atoms with Crippen LogP contribution in [0.2, 0.25) is 0 Å². The number of aliphatic hydroxyl groups is 1. The fraction of sp³-hybridized carbons (Fsp3) is 0.591. The van der Waals surface area contributed by atoms with Gasteiger partial charge in [0.15, 0.2) is 5.96 Å². The molecule has 0 spiro atoms. The highest BCUT2D eigenvalue weighted by Gasteiger charge is 2.25. The average molecular weight is 530 g/mol. The third-order valence-corrected chi connectivity index (χ3v) is 4.54. The summed E-state index contributed by atoms with van der Waals surface area (Å²) in [4.78, 5) is 6.80. The largest absolute Gasteiger partial charge is 0.481 e. The van der Waals surface area contributed by atoms with E-state index in [0.29, 0.717) is 19.0 Å². The van der Waals surface area contributed by atoms with Crippen LogP contribution < -0.4 is 15.4 Å². The van der Waals surface area contributed by atoms with Crippen molar-refractivity contribution in [2.45, 2.75) is 25.9 Å². The van der Waals surface area contributed by atoms with Crippen molar-refractivity contribution in [3.05, 3.63) is 29.8 Å². The highest BCUT2D eigenvalue weighted by Crippen LogP contribution is 2.12. The second-order valence-corrected chi connectivity index (χ2v) is 7.39. The molecule has 1 aromatic rings. The number of ether oxygens (including phenoxy) is 2. The van der Waals surface area contributed by atoms with E-state index < -0.39 is 5.60 Å². The van der Waals surface area contributed by atoms with Gasteiger partial charge < -0.3 is 25.2 Å². The Bertz CT molecular complexity index is 668. The first kappa shape index (κ1) is 26.5. The van der Waals surface area contributed by atoms with E-state index in [1.807, 2.05) is 38.1 Å². The number of nitrogens with one attached hydrogen (secondary N) is 2. The fourth-order valence-corrected chi connectivity index (χ4v) is 3.08. The summed E-state index contributed by atoms with van der Waals surface area (Å²) < 4.78 is 10.8. The van der Waals surface area contributed by atoms with Gasteiger partial charge in [-0.25, -0.2) is 0 Å². The average Bonchev–Trinajstić information content (AvgIpc) is 2.72. The Morgan fingerprint density at radius 1 is 1.30 bits per heavy atom. The van der Waals surface area contributed by atoms with Crippen LogP contribution in [0.5, 0.6) is 5.75 Å². The number of terminal acetylenes is 1. The van der Waals surface area contributed by atoms with Gasteiger partial charge >= 0.3 is 0 Å². The molecule has 1 aliphatic heterocycles. The van der Waals surface area contributed by atoms with Crippen molar-refractivity contribution in [3.8, 4) is 18.1 Å². The Hall–Kier alpha value is -1.54. The maximum atomic E-state index is 10.7. The first-order valence-electron chi connectivity index (χ1n) is 10.2. The second kappa shape index (κ2) is 14.5. The molecule has 7 nitrogen and oxygen atoms in total. The Labute approximate surface area is 197 Å². The predicted molar refractivity (Wildman–Crippen MR) is 132 cm³/mol. The number of morpholine rings is 1. The Kier molecular flexibility index (Phi) is 12.8. The van der Waals surface area contributed by atoms with E-state index in [4.69, 9.17) is 15.9 Å². The van der Waals surface area contributed by atoms with Crippen molar-refractivity contribution in [1.29, 1.82) is 0 Å². The molecule has 3 N–H and O–H groups in total. The molecule has 168 valence electrons. The summed E-state index contributed by atoms with van der Waals surface area (Å²) in [6, 6.07) is 7.92. The number of nitrogens with zero attached hydrogens (tertiary/aromatic N) is 2. The number of hydrogen-bond donors (Lipinski definition) is 3. The molecule has 1 atom stereocenters. The number of β-amino-alcohol motifs (C(OH)–C–C–N with tert-alkyl or cyclic N) is 1. The van der Waals surface area contributed by atoms with Gasteiger partial charge in [-0.05, 0) is 38.0 Å². The van der Waals surface area contributed by atoms with Gasteiger partial charge in [0.1, 0.15) is 12.4 Å². The third kappa shape index (κ3) is 10.5. The van der Waals surface area contributed by atoms with Gasteiger partial charge in [0.25, 0.3) is 0 Å². The Morgan fingerprint density at radius 2 is 2.00 bits per heavy atom. The molecule has 1 aromatic carbocycles. The van der Waals surface area contributed by atoms with Crippen LogP contribution in [-0.4, -0.2) is 80.7 Å². The Balaban J connectivity index is 0.00000450. The van der Waals surface area contributed by atoms with Crippen LogP contribution in [0.1, 0.15) is 19.4 Å². The molecule has 0 aromatic heterocycles. The highest BCUT2D eigenvalue weighted by molar-refractivity contribution is 14.0. The molecule has 0 bridgehead atoms. The van der Waals surface area contributed by atoms with Gasteiger partial charge in [0.2, 0.25) is 0 Å². The summed E-state index contributed by atoms with van der Waals surface area (Å²) in [5.74, 6) is 3.94. The molecule has 30 heavy (non-hydrogen) atoms. The molecule has 0 amide bonds. The van der Waals surface area contributed by atoms with E-state index >= 15 is 0 Å². The molecule has 0 radical (unpaired) electrons. The van der Waals surface area contributed by atoms with Crippen molar-refractivity contribution < 1.29 is 14.6 Å². The lowest BCUT2D eigenvalue weighted by atomic mass is 10.1. The lowest BCUT2D eigenvalue weighted by molar-refractivity contribution is -0.0179. The van der Waals surface area contributed by atoms with Crippen molar-refractivity contribution >= 4 is 29.9 Å². The van der Waals surface area contributed by atoms with Crippen molar-refractivity contribution in [3.63, 3.8) is 0 Å². The number of guanidine groups is 1. The molecule has 8 heteroatoms. The van der Waals surface area contributed by atoms with E-state index in [1.165, 1.54) is 5.56 Å². The van der Waals surface area contributed by atoms with E-state index in [-0.39, 0.29) is 30.6 Å². The lowest BCUT2D eigenvalue weighted by Gasteiger charge is -2.33. The molecule has 1 fully saturated rings. The molecule has 0 aliphatic carbocycles. The third-order valence-electron chi connectivity index (χ3n) is 4.54. The number of benzene rings is 1. The minimum atomic E-state index is -0.881. The normalized spacial score (nSPS) is 16.7. The number of aliphatic imine (C=N–C) groups is 1. The molecule has 2 rings (SSSR count). The van der Waals surface area contributed by atoms with Crippen LogP contribution in [-0.2, 0) is 11.2 Å². The first-order chi connectivity index (χ1) is 14.0. The molecular weight excluding hydrogens is 495 g/mol. The summed E-state index contributed by atoms with van der Waals surface area (Å²) in [5.41, 5.74) is 0.314. The summed E-state index contributed by atoms with van der Waals surface area (Å²) in [7, 11) is 0. The second-order valence-electron chi connectivity index (χ2n) is 7.39. The predicted octanol–water partition coefficient (Wildman–Crippen LogP) is 1.50. The van der Waals surface area contributed by atoms with Crippen molar-refractivity contribution in [2.24, 2.45) is 4.99 Å². The minimum Gasteiger partial charge on any atom is -0.481 e. The molecule has 1 saturated heterocycles. The number of hydrogen-bond acceptors (Lipinski definition) is 5. The standard InChI is InChI=1S/C22H34N4O3.HI/c1-4-14-29-20-8-6-19(7-9-20)10-11-24-21(23-5-2)25-17-22(3,27)18-26-12-15-28-16-13-26;/h1,6-9,27H,5,10-18H2,2-3H3,(H2,23,24,25);1H. The smallest absolute Gasteiger partial charge is 0.191 e. The van der Waals surface area contributed by atoms with Gasteiger partial charge in [-0.2, -0.15) is 0 Å². The summed E-state index contributed by atoms with van der Waals surface area (Å²) >= 11 is 0. The number of rotatable bonds is 10. The van der Waals surface area contributed by atoms with Gasteiger partial charge in [0.05, 0.1) is 25.4 Å². The summed E-state index contributed by atoms with van der Waals surface area (Å²) in [5, 5.41) is 17.3.